The molecule has 0 fully saturated rings. The number of nitrogens with zero attached hydrogens (tertiary/aromatic N) is 1. The van der Waals surface area contributed by atoms with Crippen LogP contribution >= 0.6 is 0 Å². The van der Waals surface area contributed by atoms with E-state index in [1.54, 1.807) is 36.4 Å². The highest BCUT2D eigenvalue weighted by molar-refractivity contribution is 6.16. The Balaban J connectivity index is 0.000000540. The monoisotopic (exact) mass is 495 g/mol. The van der Waals surface area contributed by atoms with Crippen molar-refractivity contribution in [3.8, 4) is 17.2 Å². The van der Waals surface area contributed by atoms with Crippen molar-refractivity contribution < 1.29 is 52.0 Å². The first-order chi connectivity index (χ1) is 16.4. The molecule has 0 bridgehead atoms. The maximum atomic E-state index is 13.1. The molecule has 0 spiro atoms. The van der Waals surface area contributed by atoms with Gasteiger partial charge < -0.3 is 24.4 Å². The number of carboxylic acid groups (broad SMARTS) is 2. The fourth-order valence-electron chi connectivity index (χ4n) is 3.01. The molecule has 0 saturated heterocycles. The Hall–Kier alpha value is -4.35. The number of pyridine rings is 1. The minimum atomic E-state index is -5.08. The molecular weight excluding hydrogens is 475 g/mol. The second-order valence-electron chi connectivity index (χ2n) is 6.82. The largest absolute Gasteiger partial charge is 0.497 e. The van der Waals surface area contributed by atoms with Crippen LogP contribution in [0.3, 0.4) is 0 Å². The molecule has 0 aliphatic carbocycles. The Morgan fingerprint density at radius 2 is 1.49 bits per heavy atom. The second kappa shape index (κ2) is 11.2. The number of aromatic nitrogens is 1. The number of methoxy groups -OCH3 is 3. The highest BCUT2D eigenvalue weighted by Gasteiger charge is 2.38. The van der Waals surface area contributed by atoms with Crippen molar-refractivity contribution >= 4 is 28.5 Å². The summed E-state index contributed by atoms with van der Waals surface area (Å²) in [7, 11) is 4.50. The van der Waals surface area contributed by atoms with E-state index in [1.807, 2.05) is 0 Å². The summed E-state index contributed by atoms with van der Waals surface area (Å²) in [5.74, 6) is -2.65. The highest BCUT2D eigenvalue weighted by Crippen LogP contribution is 2.35. The second-order valence-corrected chi connectivity index (χ2v) is 6.82. The summed E-state index contributed by atoms with van der Waals surface area (Å²) >= 11 is 0. The van der Waals surface area contributed by atoms with Gasteiger partial charge in [-0.2, -0.15) is 13.2 Å². The average molecular weight is 495 g/mol. The zero-order chi connectivity index (χ0) is 26.3. The van der Waals surface area contributed by atoms with E-state index >= 15 is 0 Å². The van der Waals surface area contributed by atoms with Gasteiger partial charge >= 0.3 is 18.1 Å². The van der Waals surface area contributed by atoms with Crippen molar-refractivity contribution in [2.45, 2.75) is 12.6 Å². The molecule has 9 nitrogen and oxygen atoms in total. The molecule has 0 unspecified atom stereocenters. The number of ether oxygens (including phenoxy) is 3. The Morgan fingerprint density at radius 1 is 0.914 bits per heavy atom. The molecule has 1 aromatic heterocycles. The highest BCUT2D eigenvalue weighted by atomic mass is 19.4. The third kappa shape index (κ3) is 6.59. The molecule has 2 aromatic carbocycles. The zero-order valence-corrected chi connectivity index (χ0v) is 18.7. The minimum Gasteiger partial charge on any atom is -0.497 e. The third-order valence-corrected chi connectivity index (χ3v) is 4.61. The molecule has 0 aliphatic heterocycles. The first-order valence-corrected chi connectivity index (χ1v) is 9.67. The van der Waals surface area contributed by atoms with Gasteiger partial charge in [-0.25, -0.2) is 4.79 Å². The molecule has 0 radical (unpaired) electrons. The average Bonchev–Trinajstić information content (AvgIpc) is 2.82. The molecule has 1 heterocycles. The van der Waals surface area contributed by atoms with Gasteiger partial charge in [0.2, 0.25) is 5.78 Å². The number of hydrogen-bond donors (Lipinski definition) is 2. The summed E-state index contributed by atoms with van der Waals surface area (Å²) in [4.78, 5) is 37.5. The van der Waals surface area contributed by atoms with Crippen molar-refractivity contribution in [3.05, 3.63) is 59.4 Å². The van der Waals surface area contributed by atoms with E-state index in [1.165, 1.54) is 27.5 Å². The normalized spacial score (nSPS) is 10.7. The van der Waals surface area contributed by atoms with Gasteiger partial charge in [0.05, 0.1) is 27.8 Å². The van der Waals surface area contributed by atoms with Crippen LogP contribution < -0.4 is 14.2 Å². The predicted molar refractivity (Wildman–Crippen MR) is 116 cm³/mol. The number of carbonyl (C=O) groups is 3. The standard InChI is InChI=1S/C21H19NO6.C2HF3O2/c1-26-14-6-4-5-12(7-14)21(25)20-16-10-18(28-3)17(27-2)9-15(16)13(11-22-20)8-19(23)24;3-2(4,5)1(6)7/h4-7,9-11H,8H2,1-3H3,(H,23,24);(H,6,7). The fraction of sp³-hybridized carbons (Fsp3) is 0.217. The zero-order valence-electron chi connectivity index (χ0n) is 18.7. The lowest BCUT2D eigenvalue weighted by Crippen LogP contribution is -2.21. The van der Waals surface area contributed by atoms with Gasteiger partial charge in [0, 0.05) is 17.1 Å². The fourth-order valence-corrected chi connectivity index (χ4v) is 3.01. The predicted octanol–water partition coefficient (Wildman–Crippen LogP) is 3.75. The van der Waals surface area contributed by atoms with Crippen LogP contribution in [0.25, 0.3) is 10.8 Å². The van der Waals surface area contributed by atoms with Gasteiger partial charge in [0.15, 0.2) is 11.5 Å². The summed E-state index contributed by atoms with van der Waals surface area (Å²) < 4.78 is 47.6. The molecule has 12 heteroatoms. The van der Waals surface area contributed by atoms with E-state index < -0.39 is 18.1 Å². The number of fused-ring (bicyclic) bond motifs is 1. The van der Waals surface area contributed by atoms with Crippen LogP contribution in [-0.4, -0.2) is 60.4 Å². The minimum absolute atomic E-state index is 0.193. The van der Waals surface area contributed by atoms with E-state index in [2.05, 4.69) is 4.98 Å². The molecule has 0 atom stereocenters. The Labute approximate surface area is 196 Å². The molecule has 186 valence electrons. The first kappa shape index (κ1) is 26.9. The molecule has 3 rings (SSSR count). The van der Waals surface area contributed by atoms with Crippen LogP contribution in [0.5, 0.6) is 17.2 Å². The number of rotatable bonds is 7. The SMILES string of the molecule is COc1cccc(C(=O)c2ncc(CC(=O)O)c3cc(OC)c(OC)cc23)c1.O=C(O)C(F)(F)F. The van der Waals surface area contributed by atoms with Crippen LogP contribution in [0.1, 0.15) is 21.6 Å². The number of aliphatic carboxylic acids is 2. The van der Waals surface area contributed by atoms with Gasteiger partial charge in [-0.15, -0.1) is 0 Å². The van der Waals surface area contributed by atoms with Crippen LogP contribution in [-0.2, 0) is 16.0 Å². The Morgan fingerprint density at radius 3 is 1.97 bits per heavy atom. The van der Waals surface area contributed by atoms with Crippen LogP contribution in [0.15, 0.2) is 42.6 Å². The van der Waals surface area contributed by atoms with Crippen molar-refractivity contribution in [3.63, 3.8) is 0 Å². The van der Waals surface area contributed by atoms with Gasteiger partial charge in [0.1, 0.15) is 11.4 Å². The molecule has 2 N–H and O–H groups in total. The van der Waals surface area contributed by atoms with Gasteiger partial charge in [-0.05, 0) is 35.2 Å². The molecular formula is C23H20F3NO8. The van der Waals surface area contributed by atoms with Gasteiger partial charge in [-0.3, -0.25) is 14.6 Å². The van der Waals surface area contributed by atoms with E-state index in [0.717, 1.165) is 0 Å². The molecule has 0 amide bonds. The lowest BCUT2D eigenvalue weighted by Gasteiger charge is -2.14. The maximum Gasteiger partial charge on any atom is 0.490 e. The number of carboxylic acids is 2. The van der Waals surface area contributed by atoms with E-state index in [0.29, 0.717) is 39.1 Å². The number of halogens is 3. The number of ketones is 1. The summed E-state index contributed by atoms with van der Waals surface area (Å²) in [5, 5.41) is 17.4. The molecule has 0 aliphatic rings. The molecule has 3 aromatic rings. The van der Waals surface area contributed by atoms with Crippen LogP contribution in [0.4, 0.5) is 13.2 Å². The maximum absolute atomic E-state index is 13.1. The number of benzene rings is 2. The summed E-state index contributed by atoms with van der Waals surface area (Å²) in [5.41, 5.74) is 1.08. The first-order valence-electron chi connectivity index (χ1n) is 9.67. The van der Waals surface area contributed by atoms with Crippen LogP contribution in [0, 0.1) is 0 Å². The van der Waals surface area contributed by atoms with E-state index in [-0.39, 0.29) is 17.9 Å². The smallest absolute Gasteiger partial charge is 0.490 e. The quantitative estimate of drug-likeness (QED) is 0.470. The lowest BCUT2D eigenvalue weighted by atomic mass is 9.98. The Bertz CT molecular complexity index is 1260. The van der Waals surface area contributed by atoms with Gasteiger partial charge in [-0.1, -0.05) is 12.1 Å². The molecule has 0 saturated carbocycles. The van der Waals surface area contributed by atoms with E-state index in [4.69, 9.17) is 24.1 Å². The van der Waals surface area contributed by atoms with Crippen molar-refractivity contribution in [2.24, 2.45) is 0 Å². The summed E-state index contributed by atoms with van der Waals surface area (Å²) in [6.07, 6.45) is -3.90. The molecule has 35 heavy (non-hydrogen) atoms. The Kier molecular flexibility index (Phi) is 8.59. The number of carbonyl (C=O) groups excluding carboxylic acids is 1. The van der Waals surface area contributed by atoms with Crippen LogP contribution in [0.2, 0.25) is 0 Å². The third-order valence-electron chi connectivity index (χ3n) is 4.61. The summed E-state index contributed by atoms with van der Waals surface area (Å²) in [6.45, 7) is 0. The van der Waals surface area contributed by atoms with Crippen molar-refractivity contribution in [1.82, 2.24) is 4.98 Å². The van der Waals surface area contributed by atoms with Crippen molar-refractivity contribution in [2.75, 3.05) is 21.3 Å². The van der Waals surface area contributed by atoms with E-state index in [9.17, 15) is 27.9 Å². The number of hydrogen-bond acceptors (Lipinski definition) is 7. The summed E-state index contributed by atoms with van der Waals surface area (Å²) in [6, 6.07) is 10.1. The topological polar surface area (TPSA) is 132 Å². The lowest BCUT2D eigenvalue weighted by molar-refractivity contribution is -0.192. The van der Waals surface area contributed by atoms with Gasteiger partial charge in [0.25, 0.3) is 0 Å². The van der Waals surface area contributed by atoms with Crippen molar-refractivity contribution in [1.29, 1.82) is 0 Å². The number of alkyl halides is 3.